The van der Waals surface area contributed by atoms with E-state index in [1.54, 1.807) is 30.9 Å². The molecule has 0 spiro atoms. The molecule has 142 valence electrons. The first-order valence-corrected chi connectivity index (χ1v) is 10.3. The molecule has 2 aromatic rings. The van der Waals surface area contributed by atoms with Crippen molar-refractivity contribution in [1.82, 2.24) is 19.5 Å². The molecule has 0 unspecified atom stereocenters. The fourth-order valence-electron chi connectivity index (χ4n) is 3.55. The fourth-order valence-corrected chi connectivity index (χ4v) is 5.24. The third-order valence-corrected chi connectivity index (χ3v) is 6.51. The molecular weight excluding hydrogens is 352 g/mol. The Morgan fingerprint density at radius 2 is 1.96 bits per heavy atom. The highest BCUT2D eigenvalue weighted by Crippen LogP contribution is 2.25. The third-order valence-electron chi connectivity index (χ3n) is 4.77. The summed E-state index contributed by atoms with van der Waals surface area (Å²) < 4.78 is 36.2. The van der Waals surface area contributed by atoms with E-state index >= 15 is 0 Å². The molecule has 0 aliphatic carbocycles. The molecule has 0 aromatic carbocycles. The number of nitrogens with one attached hydrogen (secondary N) is 1. The maximum atomic E-state index is 13.0. The summed E-state index contributed by atoms with van der Waals surface area (Å²) in [5.74, 6) is 0.0907. The molecular formula is C18H26N4O3S. The number of nitrogens with zero attached hydrogens (tertiary/aromatic N) is 3. The van der Waals surface area contributed by atoms with Crippen molar-refractivity contribution in [1.29, 1.82) is 0 Å². The zero-order valence-corrected chi connectivity index (χ0v) is 16.5. The van der Waals surface area contributed by atoms with Crippen LogP contribution in [0.1, 0.15) is 36.8 Å². The van der Waals surface area contributed by atoms with Crippen molar-refractivity contribution in [2.24, 2.45) is 5.92 Å². The van der Waals surface area contributed by atoms with Gasteiger partial charge in [0.2, 0.25) is 10.0 Å². The second kappa shape index (κ2) is 7.46. The molecule has 0 bridgehead atoms. The Morgan fingerprint density at radius 1 is 1.27 bits per heavy atom. The van der Waals surface area contributed by atoms with E-state index in [1.165, 1.54) is 0 Å². The van der Waals surface area contributed by atoms with Crippen LogP contribution in [0.15, 0.2) is 29.4 Å². The van der Waals surface area contributed by atoms with Crippen LogP contribution in [0.25, 0.3) is 0 Å². The molecule has 2 aromatic heterocycles. The Bertz CT molecular complexity index is 862. The smallest absolute Gasteiger partial charge is 0.244 e. The van der Waals surface area contributed by atoms with E-state index in [-0.39, 0.29) is 22.9 Å². The standard InChI is InChI=1S/C18H26N4O3S/c1-12(2)22-14(4)18(13(3)20-22)26(23,24)21-17-11-25-10-16(17)9-15-5-7-19-8-6-15/h5-8,12,16-17,21H,9-11H2,1-4H3/t16-,17-/m1/s1. The van der Waals surface area contributed by atoms with Gasteiger partial charge in [-0.05, 0) is 51.8 Å². The van der Waals surface area contributed by atoms with Crippen LogP contribution in [0.4, 0.5) is 0 Å². The fraction of sp³-hybridized carbons (Fsp3) is 0.556. The highest BCUT2D eigenvalue weighted by Gasteiger charge is 2.34. The Hall–Kier alpha value is -1.77. The van der Waals surface area contributed by atoms with Gasteiger partial charge in [-0.1, -0.05) is 0 Å². The van der Waals surface area contributed by atoms with Crippen LogP contribution in [-0.4, -0.2) is 42.4 Å². The Balaban J connectivity index is 1.81. The molecule has 0 radical (unpaired) electrons. The predicted molar refractivity (Wildman–Crippen MR) is 98.4 cm³/mol. The summed E-state index contributed by atoms with van der Waals surface area (Å²) in [6, 6.07) is 3.75. The number of sulfonamides is 1. The molecule has 3 rings (SSSR count). The lowest BCUT2D eigenvalue weighted by Gasteiger charge is -2.19. The van der Waals surface area contributed by atoms with E-state index in [2.05, 4.69) is 14.8 Å². The third kappa shape index (κ3) is 3.82. The normalized spacial score (nSPS) is 20.8. The van der Waals surface area contributed by atoms with Crippen molar-refractivity contribution in [3.05, 3.63) is 41.5 Å². The molecule has 8 heteroatoms. The minimum absolute atomic E-state index is 0.0907. The Kier molecular flexibility index (Phi) is 5.45. The number of hydrogen-bond donors (Lipinski definition) is 1. The topological polar surface area (TPSA) is 86.1 Å². The van der Waals surface area contributed by atoms with Crippen LogP contribution in [-0.2, 0) is 21.2 Å². The lowest BCUT2D eigenvalue weighted by atomic mass is 9.96. The summed E-state index contributed by atoms with van der Waals surface area (Å²) in [5.41, 5.74) is 2.31. The zero-order valence-electron chi connectivity index (χ0n) is 15.6. The van der Waals surface area contributed by atoms with Crippen molar-refractivity contribution in [2.45, 2.75) is 51.1 Å². The van der Waals surface area contributed by atoms with Crippen LogP contribution in [0.3, 0.4) is 0 Å². The van der Waals surface area contributed by atoms with E-state index in [9.17, 15) is 8.42 Å². The quantitative estimate of drug-likeness (QED) is 0.831. The summed E-state index contributed by atoms with van der Waals surface area (Å²) in [5, 5.41) is 4.40. The number of ether oxygens (including phenoxy) is 1. The van der Waals surface area contributed by atoms with Gasteiger partial charge in [-0.3, -0.25) is 9.67 Å². The van der Waals surface area contributed by atoms with Crippen LogP contribution in [0.5, 0.6) is 0 Å². The molecule has 0 amide bonds. The van der Waals surface area contributed by atoms with Gasteiger partial charge in [0.25, 0.3) is 0 Å². The monoisotopic (exact) mass is 378 g/mol. The number of aryl methyl sites for hydroxylation is 1. The van der Waals surface area contributed by atoms with Gasteiger partial charge in [-0.2, -0.15) is 5.10 Å². The SMILES string of the molecule is Cc1nn(C(C)C)c(C)c1S(=O)(=O)N[C@@H]1COC[C@H]1Cc1ccncc1. The Labute approximate surface area is 154 Å². The first kappa shape index (κ1) is 19.0. The van der Waals surface area contributed by atoms with Gasteiger partial charge in [-0.15, -0.1) is 0 Å². The number of aromatic nitrogens is 3. The predicted octanol–water partition coefficient (Wildman–Crippen LogP) is 2.01. The number of pyridine rings is 1. The molecule has 0 saturated carbocycles. The minimum Gasteiger partial charge on any atom is -0.379 e. The van der Waals surface area contributed by atoms with Gasteiger partial charge < -0.3 is 4.74 Å². The summed E-state index contributed by atoms with van der Waals surface area (Å²) in [6.07, 6.45) is 4.24. The molecule has 7 nitrogen and oxygen atoms in total. The first-order valence-electron chi connectivity index (χ1n) is 8.84. The molecule has 1 N–H and O–H groups in total. The van der Waals surface area contributed by atoms with Gasteiger partial charge in [0.1, 0.15) is 4.90 Å². The van der Waals surface area contributed by atoms with E-state index < -0.39 is 10.0 Å². The van der Waals surface area contributed by atoms with Crippen molar-refractivity contribution in [3.8, 4) is 0 Å². The van der Waals surface area contributed by atoms with Gasteiger partial charge in [0, 0.05) is 24.4 Å². The highest BCUT2D eigenvalue weighted by atomic mass is 32.2. The second-order valence-corrected chi connectivity index (χ2v) is 8.77. The molecule has 1 aliphatic heterocycles. The summed E-state index contributed by atoms with van der Waals surface area (Å²) in [6.45, 7) is 8.43. The van der Waals surface area contributed by atoms with E-state index in [4.69, 9.17) is 4.74 Å². The Morgan fingerprint density at radius 3 is 2.58 bits per heavy atom. The van der Waals surface area contributed by atoms with Gasteiger partial charge in [-0.25, -0.2) is 13.1 Å². The van der Waals surface area contributed by atoms with E-state index in [0.29, 0.717) is 24.6 Å². The van der Waals surface area contributed by atoms with Crippen molar-refractivity contribution >= 4 is 10.0 Å². The number of rotatable bonds is 6. The average molecular weight is 378 g/mol. The van der Waals surface area contributed by atoms with Crippen LogP contribution >= 0.6 is 0 Å². The molecule has 1 aliphatic rings. The van der Waals surface area contributed by atoms with Crippen molar-refractivity contribution in [2.75, 3.05) is 13.2 Å². The van der Waals surface area contributed by atoms with Crippen molar-refractivity contribution in [3.63, 3.8) is 0 Å². The maximum Gasteiger partial charge on any atom is 0.244 e. The molecule has 1 fully saturated rings. The summed E-state index contributed by atoms with van der Waals surface area (Å²) >= 11 is 0. The summed E-state index contributed by atoms with van der Waals surface area (Å²) in [7, 11) is -3.67. The lowest BCUT2D eigenvalue weighted by molar-refractivity contribution is 0.183. The number of hydrogen-bond acceptors (Lipinski definition) is 5. The van der Waals surface area contributed by atoms with Gasteiger partial charge in [0.15, 0.2) is 0 Å². The average Bonchev–Trinajstić information content (AvgIpc) is 3.12. The minimum atomic E-state index is -3.67. The van der Waals surface area contributed by atoms with Gasteiger partial charge in [0.05, 0.1) is 30.6 Å². The molecule has 2 atom stereocenters. The molecule has 1 saturated heterocycles. The largest absolute Gasteiger partial charge is 0.379 e. The summed E-state index contributed by atoms with van der Waals surface area (Å²) in [4.78, 5) is 4.30. The van der Waals surface area contributed by atoms with E-state index in [1.807, 2.05) is 26.0 Å². The van der Waals surface area contributed by atoms with Crippen LogP contribution in [0, 0.1) is 19.8 Å². The van der Waals surface area contributed by atoms with Crippen LogP contribution < -0.4 is 4.72 Å². The highest BCUT2D eigenvalue weighted by molar-refractivity contribution is 7.89. The second-order valence-electron chi connectivity index (χ2n) is 7.12. The first-order chi connectivity index (χ1) is 12.3. The van der Waals surface area contributed by atoms with Gasteiger partial charge >= 0.3 is 0 Å². The molecule has 26 heavy (non-hydrogen) atoms. The maximum absolute atomic E-state index is 13.0. The lowest BCUT2D eigenvalue weighted by Crippen LogP contribution is -2.40. The van der Waals surface area contributed by atoms with E-state index in [0.717, 1.165) is 12.0 Å². The zero-order chi connectivity index (χ0) is 18.9. The molecule has 3 heterocycles. The van der Waals surface area contributed by atoms with Crippen LogP contribution in [0.2, 0.25) is 0 Å². The van der Waals surface area contributed by atoms with Crippen molar-refractivity contribution < 1.29 is 13.2 Å².